The molecule has 2 amide bonds. The first-order chi connectivity index (χ1) is 6.91. The molecule has 0 saturated carbocycles. The number of nitrogens with one attached hydrogen (secondary N) is 2. The summed E-state index contributed by atoms with van der Waals surface area (Å²) in [5.74, 6) is -0.856. The number of carboxylic acid groups (broad SMARTS) is 1. The molecule has 0 spiro atoms. The van der Waals surface area contributed by atoms with Crippen LogP contribution in [0, 0.1) is 0 Å². The van der Waals surface area contributed by atoms with Crippen molar-refractivity contribution in [1.29, 1.82) is 0 Å². The Bertz CT molecular complexity index is 251. The largest absolute Gasteiger partial charge is 0.481 e. The van der Waals surface area contributed by atoms with Gasteiger partial charge in [0.1, 0.15) is 0 Å². The molecule has 0 saturated heterocycles. The third-order valence-corrected chi connectivity index (χ3v) is 1.72. The lowest BCUT2D eigenvalue weighted by atomic mass is 10.2. The van der Waals surface area contributed by atoms with Crippen LogP contribution in [0.2, 0.25) is 0 Å². The van der Waals surface area contributed by atoms with E-state index in [9.17, 15) is 9.59 Å². The van der Waals surface area contributed by atoms with E-state index in [0.29, 0.717) is 13.0 Å². The van der Waals surface area contributed by atoms with Crippen LogP contribution in [0.1, 0.15) is 26.7 Å². The van der Waals surface area contributed by atoms with Crippen LogP contribution in [0.4, 0.5) is 4.79 Å². The van der Waals surface area contributed by atoms with Gasteiger partial charge in [-0.15, -0.1) is 0 Å². The van der Waals surface area contributed by atoms with E-state index in [1.165, 1.54) is 0 Å². The van der Waals surface area contributed by atoms with Gasteiger partial charge in [-0.2, -0.15) is 0 Å². The van der Waals surface area contributed by atoms with E-state index in [1.807, 2.05) is 6.92 Å². The van der Waals surface area contributed by atoms with Gasteiger partial charge < -0.3 is 15.7 Å². The highest BCUT2D eigenvalue weighted by molar-refractivity contribution is 5.74. The lowest BCUT2D eigenvalue weighted by molar-refractivity contribution is -0.137. The molecule has 0 rings (SSSR count). The molecular formula is C10H18N2O3. The summed E-state index contributed by atoms with van der Waals surface area (Å²) >= 11 is 0. The number of rotatable bonds is 6. The molecule has 86 valence electrons. The summed E-state index contributed by atoms with van der Waals surface area (Å²) < 4.78 is 0. The zero-order valence-corrected chi connectivity index (χ0v) is 9.17. The molecule has 0 fully saturated rings. The molecule has 0 aromatic heterocycles. The van der Waals surface area contributed by atoms with E-state index < -0.39 is 5.97 Å². The van der Waals surface area contributed by atoms with Crippen molar-refractivity contribution in [1.82, 2.24) is 10.6 Å². The van der Waals surface area contributed by atoms with Crippen molar-refractivity contribution in [3.63, 3.8) is 0 Å². The molecule has 3 N–H and O–H groups in total. The quantitative estimate of drug-likeness (QED) is 0.580. The van der Waals surface area contributed by atoms with Gasteiger partial charge in [0.15, 0.2) is 0 Å². The van der Waals surface area contributed by atoms with E-state index in [0.717, 1.165) is 5.57 Å². The number of hydrogen-bond acceptors (Lipinski definition) is 2. The lowest BCUT2D eigenvalue weighted by Gasteiger charge is -2.13. The molecule has 1 atom stereocenters. The Morgan fingerprint density at radius 1 is 1.47 bits per heavy atom. The summed E-state index contributed by atoms with van der Waals surface area (Å²) in [5, 5.41) is 13.7. The van der Waals surface area contributed by atoms with Crippen molar-refractivity contribution in [3.8, 4) is 0 Å². The van der Waals surface area contributed by atoms with Crippen LogP contribution in [0.15, 0.2) is 12.2 Å². The minimum atomic E-state index is -0.856. The maximum absolute atomic E-state index is 11.2. The number of hydrogen-bond donors (Lipinski definition) is 3. The van der Waals surface area contributed by atoms with Gasteiger partial charge in [-0.05, 0) is 20.3 Å². The zero-order chi connectivity index (χ0) is 11.8. The molecule has 0 aliphatic heterocycles. The predicted molar refractivity (Wildman–Crippen MR) is 57.7 cm³/mol. The van der Waals surface area contributed by atoms with Gasteiger partial charge >= 0.3 is 12.0 Å². The molecule has 0 bridgehead atoms. The number of amides is 2. The van der Waals surface area contributed by atoms with Crippen molar-refractivity contribution < 1.29 is 14.7 Å². The predicted octanol–water partition coefficient (Wildman–Crippen LogP) is 1.11. The summed E-state index contributed by atoms with van der Waals surface area (Å²) in [6.07, 6.45) is 0.484. The molecule has 0 heterocycles. The number of carboxylic acids is 1. The van der Waals surface area contributed by atoms with Gasteiger partial charge in [0.2, 0.25) is 0 Å². The maximum Gasteiger partial charge on any atom is 0.315 e. The van der Waals surface area contributed by atoms with Crippen LogP contribution >= 0.6 is 0 Å². The first-order valence-corrected chi connectivity index (χ1v) is 4.82. The second-order valence-electron chi connectivity index (χ2n) is 3.62. The van der Waals surface area contributed by atoms with Crippen LogP contribution in [-0.4, -0.2) is 29.7 Å². The van der Waals surface area contributed by atoms with Crippen LogP contribution in [0.5, 0.6) is 0 Å². The maximum atomic E-state index is 11.2. The number of carbonyl (C=O) groups is 2. The summed E-state index contributed by atoms with van der Waals surface area (Å²) in [4.78, 5) is 21.5. The Hall–Kier alpha value is -1.52. The molecule has 0 radical (unpaired) electrons. The lowest BCUT2D eigenvalue weighted by Crippen LogP contribution is -2.41. The van der Waals surface area contributed by atoms with Crippen molar-refractivity contribution in [2.75, 3.05) is 6.54 Å². The normalized spacial score (nSPS) is 11.6. The summed E-state index contributed by atoms with van der Waals surface area (Å²) in [6.45, 7) is 7.65. The molecule has 1 unspecified atom stereocenters. The number of carbonyl (C=O) groups excluding carboxylic acids is 1. The van der Waals surface area contributed by atoms with Crippen molar-refractivity contribution in [2.45, 2.75) is 32.7 Å². The van der Waals surface area contributed by atoms with Crippen LogP contribution < -0.4 is 10.6 Å². The van der Waals surface area contributed by atoms with Gasteiger partial charge in [-0.1, -0.05) is 12.2 Å². The second kappa shape index (κ2) is 6.86. The minimum Gasteiger partial charge on any atom is -0.481 e. The van der Waals surface area contributed by atoms with Gasteiger partial charge in [0.05, 0.1) is 0 Å². The Balaban J connectivity index is 3.66. The van der Waals surface area contributed by atoms with E-state index in [1.54, 1.807) is 6.92 Å². The number of urea groups is 1. The Morgan fingerprint density at radius 2 is 2.07 bits per heavy atom. The van der Waals surface area contributed by atoms with E-state index >= 15 is 0 Å². The van der Waals surface area contributed by atoms with E-state index in [-0.39, 0.29) is 18.5 Å². The molecule has 15 heavy (non-hydrogen) atoms. The Morgan fingerprint density at radius 3 is 2.53 bits per heavy atom. The van der Waals surface area contributed by atoms with E-state index in [4.69, 9.17) is 5.11 Å². The molecule has 0 aliphatic carbocycles. The highest BCUT2D eigenvalue weighted by Crippen LogP contribution is 1.95. The Labute approximate surface area is 89.6 Å². The SMILES string of the molecule is C=C(C)CNC(=O)NC(C)CCC(=O)O. The third-order valence-electron chi connectivity index (χ3n) is 1.72. The minimum absolute atomic E-state index is 0.0575. The fourth-order valence-corrected chi connectivity index (χ4v) is 0.918. The summed E-state index contributed by atoms with van der Waals surface area (Å²) in [5.41, 5.74) is 0.864. The second-order valence-corrected chi connectivity index (χ2v) is 3.62. The molecule has 5 nitrogen and oxygen atoms in total. The average Bonchev–Trinajstić information content (AvgIpc) is 2.11. The van der Waals surface area contributed by atoms with Crippen molar-refractivity contribution in [2.24, 2.45) is 0 Å². The van der Waals surface area contributed by atoms with Crippen LogP contribution in [0.25, 0.3) is 0 Å². The molecule has 0 aromatic rings. The molecule has 0 aromatic carbocycles. The highest BCUT2D eigenvalue weighted by Gasteiger charge is 2.08. The first-order valence-electron chi connectivity index (χ1n) is 4.82. The van der Waals surface area contributed by atoms with Gasteiger partial charge in [0.25, 0.3) is 0 Å². The molecule has 5 heteroatoms. The van der Waals surface area contributed by atoms with Crippen molar-refractivity contribution >= 4 is 12.0 Å². The highest BCUT2D eigenvalue weighted by atomic mass is 16.4. The molecule has 0 aliphatic rings. The number of aliphatic carboxylic acids is 1. The average molecular weight is 214 g/mol. The fraction of sp³-hybridized carbons (Fsp3) is 0.600. The summed E-state index contributed by atoms with van der Waals surface area (Å²) in [6, 6.07) is -0.442. The summed E-state index contributed by atoms with van der Waals surface area (Å²) in [7, 11) is 0. The van der Waals surface area contributed by atoms with Crippen LogP contribution in [0.3, 0.4) is 0 Å². The third kappa shape index (κ3) is 8.80. The fourth-order valence-electron chi connectivity index (χ4n) is 0.918. The van der Waals surface area contributed by atoms with Crippen LogP contribution in [-0.2, 0) is 4.79 Å². The monoisotopic (exact) mass is 214 g/mol. The van der Waals surface area contributed by atoms with Gasteiger partial charge in [-0.3, -0.25) is 4.79 Å². The smallest absolute Gasteiger partial charge is 0.315 e. The van der Waals surface area contributed by atoms with E-state index in [2.05, 4.69) is 17.2 Å². The first kappa shape index (κ1) is 13.5. The topological polar surface area (TPSA) is 78.4 Å². The zero-order valence-electron chi connectivity index (χ0n) is 9.17. The van der Waals surface area contributed by atoms with Crippen molar-refractivity contribution in [3.05, 3.63) is 12.2 Å². The van der Waals surface area contributed by atoms with Gasteiger partial charge in [-0.25, -0.2) is 4.79 Å². The standard InChI is InChI=1S/C10H18N2O3/c1-7(2)6-11-10(15)12-8(3)4-5-9(13)14/h8H,1,4-6H2,2-3H3,(H,13,14)(H2,11,12,15). The van der Waals surface area contributed by atoms with Gasteiger partial charge in [0, 0.05) is 19.0 Å². The Kier molecular flexibility index (Phi) is 6.17. The molecular weight excluding hydrogens is 196 g/mol.